The van der Waals surface area contributed by atoms with Crippen LogP contribution in [-0.2, 0) is 6.54 Å². The number of aryl methyl sites for hydroxylation is 1. The van der Waals surface area contributed by atoms with Crippen LogP contribution in [-0.4, -0.2) is 27.3 Å². The number of benzene rings is 1. The van der Waals surface area contributed by atoms with Crippen LogP contribution in [0, 0.1) is 6.92 Å². The topological polar surface area (TPSA) is 67.2 Å². The fourth-order valence-electron chi connectivity index (χ4n) is 1.65. The van der Waals surface area contributed by atoms with Crippen molar-refractivity contribution in [1.82, 2.24) is 15.1 Å². The highest BCUT2D eigenvalue weighted by atomic mass is 16.3. The number of carbonyl (C=O) groups is 1. The van der Waals surface area contributed by atoms with Crippen LogP contribution in [0.2, 0.25) is 0 Å². The van der Waals surface area contributed by atoms with Crippen LogP contribution in [0.25, 0.3) is 0 Å². The molecule has 0 aliphatic carbocycles. The molecule has 5 heteroatoms. The van der Waals surface area contributed by atoms with Crippen molar-refractivity contribution in [3.05, 3.63) is 47.8 Å². The van der Waals surface area contributed by atoms with Crippen molar-refractivity contribution < 1.29 is 9.90 Å². The van der Waals surface area contributed by atoms with E-state index in [4.69, 9.17) is 0 Å². The molecular formula is C13H15N3O2. The first-order valence-electron chi connectivity index (χ1n) is 5.72. The number of phenolic OH excluding ortho intramolecular Hbond substituents is 1. The van der Waals surface area contributed by atoms with Gasteiger partial charge in [-0.3, -0.25) is 9.48 Å². The number of hydrogen-bond acceptors (Lipinski definition) is 3. The van der Waals surface area contributed by atoms with Crippen molar-refractivity contribution in [2.75, 3.05) is 6.54 Å². The number of phenols is 1. The van der Waals surface area contributed by atoms with E-state index in [9.17, 15) is 9.90 Å². The molecule has 18 heavy (non-hydrogen) atoms. The summed E-state index contributed by atoms with van der Waals surface area (Å²) in [5.41, 5.74) is 0.991. The Morgan fingerprint density at radius 1 is 1.44 bits per heavy atom. The van der Waals surface area contributed by atoms with E-state index < -0.39 is 0 Å². The van der Waals surface area contributed by atoms with Gasteiger partial charge in [-0.2, -0.15) is 5.10 Å². The molecule has 0 bridgehead atoms. The monoisotopic (exact) mass is 245 g/mol. The van der Waals surface area contributed by atoms with Gasteiger partial charge in [-0.15, -0.1) is 0 Å². The molecule has 0 aliphatic rings. The summed E-state index contributed by atoms with van der Waals surface area (Å²) >= 11 is 0. The first-order valence-corrected chi connectivity index (χ1v) is 5.72. The van der Waals surface area contributed by atoms with E-state index in [2.05, 4.69) is 10.4 Å². The Bertz CT molecular complexity index is 535. The summed E-state index contributed by atoms with van der Waals surface area (Å²) in [4.78, 5) is 11.8. The Kier molecular flexibility index (Phi) is 3.62. The van der Waals surface area contributed by atoms with E-state index >= 15 is 0 Å². The number of rotatable bonds is 4. The maximum Gasteiger partial charge on any atom is 0.255 e. The average molecular weight is 245 g/mol. The Morgan fingerprint density at radius 3 is 3.00 bits per heavy atom. The van der Waals surface area contributed by atoms with Gasteiger partial charge in [0.1, 0.15) is 5.75 Å². The van der Waals surface area contributed by atoms with E-state index in [1.54, 1.807) is 36.0 Å². The number of aromatic hydroxyl groups is 1. The number of aromatic nitrogens is 2. The Labute approximate surface area is 105 Å². The lowest BCUT2D eigenvalue weighted by Gasteiger charge is -2.08. The number of hydrogen-bond donors (Lipinski definition) is 2. The molecule has 1 aromatic carbocycles. The fourth-order valence-corrected chi connectivity index (χ4v) is 1.65. The predicted octanol–water partition coefficient (Wildman–Crippen LogP) is 1.33. The van der Waals surface area contributed by atoms with Gasteiger partial charge in [0.2, 0.25) is 0 Å². The van der Waals surface area contributed by atoms with Crippen LogP contribution in [0.15, 0.2) is 36.7 Å². The second kappa shape index (κ2) is 5.35. The smallest absolute Gasteiger partial charge is 0.255 e. The van der Waals surface area contributed by atoms with Crippen LogP contribution >= 0.6 is 0 Å². The number of carbonyl (C=O) groups excluding carboxylic acids is 1. The zero-order valence-electron chi connectivity index (χ0n) is 10.1. The molecule has 0 saturated carbocycles. The van der Waals surface area contributed by atoms with Gasteiger partial charge in [0.05, 0.1) is 12.1 Å². The van der Waals surface area contributed by atoms with Gasteiger partial charge in [-0.05, 0) is 24.6 Å². The highest BCUT2D eigenvalue weighted by Gasteiger charge is 2.11. The second-order valence-corrected chi connectivity index (χ2v) is 4.00. The molecule has 5 nitrogen and oxygen atoms in total. The molecule has 0 radical (unpaired) electrons. The van der Waals surface area contributed by atoms with Gasteiger partial charge in [0.25, 0.3) is 5.91 Å². The minimum atomic E-state index is -0.275. The zero-order chi connectivity index (χ0) is 13.0. The van der Waals surface area contributed by atoms with Gasteiger partial charge in [-0.1, -0.05) is 12.1 Å². The van der Waals surface area contributed by atoms with Gasteiger partial charge in [0, 0.05) is 18.9 Å². The first kappa shape index (κ1) is 12.2. The van der Waals surface area contributed by atoms with E-state index in [1.165, 1.54) is 0 Å². The molecule has 0 spiro atoms. The third-order valence-electron chi connectivity index (χ3n) is 2.67. The summed E-state index contributed by atoms with van der Waals surface area (Å²) in [5.74, 6) is -0.238. The van der Waals surface area contributed by atoms with E-state index in [0.717, 1.165) is 0 Å². The summed E-state index contributed by atoms with van der Waals surface area (Å²) in [7, 11) is 0. The lowest BCUT2D eigenvalue weighted by Crippen LogP contribution is -2.27. The molecule has 2 aromatic rings. The second-order valence-electron chi connectivity index (χ2n) is 4.00. The third kappa shape index (κ3) is 2.68. The molecule has 0 fully saturated rings. The Hall–Kier alpha value is -2.30. The summed E-state index contributed by atoms with van der Waals surface area (Å²) in [6, 6.07) is 6.94. The van der Waals surface area contributed by atoms with E-state index in [0.29, 0.717) is 24.2 Å². The lowest BCUT2D eigenvalue weighted by molar-refractivity contribution is 0.0949. The molecule has 1 amide bonds. The molecule has 1 aromatic heterocycles. The van der Waals surface area contributed by atoms with Gasteiger partial charge < -0.3 is 10.4 Å². The highest BCUT2D eigenvalue weighted by Crippen LogP contribution is 2.20. The third-order valence-corrected chi connectivity index (χ3v) is 2.67. The standard InChI is InChI=1S/C13H15N3O2/c1-10-4-2-5-11(12(10)17)13(18)14-7-9-16-8-3-6-15-16/h2-6,8,17H,7,9H2,1H3,(H,14,18). The molecule has 0 saturated heterocycles. The SMILES string of the molecule is Cc1cccc(C(=O)NCCn2cccn2)c1O. The molecule has 94 valence electrons. The largest absolute Gasteiger partial charge is 0.507 e. The quantitative estimate of drug-likeness (QED) is 0.853. The van der Waals surface area contributed by atoms with Crippen molar-refractivity contribution in [3.63, 3.8) is 0 Å². The molecule has 1 heterocycles. The van der Waals surface area contributed by atoms with Crippen molar-refractivity contribution >= 4 is 5.91 Å². The van der Waals surface area contributed by atoms with Gasteiger partial charge in [-0.25, -0.2) is 0 Å². The van der Waals surface area contributed by atoms with Crippen LogP contribution in [0.4, 0.5) is 0 Å². The van der Waals surface area contributed by atoms with Gasteiger partial charge >= 0.3 is 0 Å². The molecule has 2 rings (SSSR count). The Morgan fingerprint density at radius 2 is 2.28 bits per heavy atom. The minimum Gasteiger partial charge on any atom is -0.507 e. The molecular weight excluding hydrogens is 230 g/mol. The normalized spacial score (nSPS) is 10.3. The zero-order valence-corrected chi connectivity index (χ0v) is 10.1. The van der Waals surface area contributed by atoms with Crippen molar-refractivity contribution in [2.45, 2.75) is 13.5 Å². The molecule has 0 atom stereocenters. The highest BCUT2D eigenvalue weighted by molar-refractivity contribution is 5.97. The van der Waals surface area contributed by atoms with Crippen molar-refractivity contribution in [1.29, 1.82) is 0 Å². The van der Waals surface area contributed by atoms with E-state index in [1.807, 2.05) is 12.3 Å². The van der Waals surface area contributed by atoms with Crippen LogP contribution in [0.1, 0.15) is 15.9 Å². The van der Waals surface area contributed by atoms with Crippen LogP contribution in [0.5, 0.6) is 5.75 Å². The maximum absolute atomic E-state index is 11.8. The average Bonchev–Trinajstić information content (AvgIpc) is 2.85. The Balaban J connectivity index is 1.93. The number of nitrogens with one attached hydrogen (secondary N) is 1. The first-order chi connectivity index (χ1) is 8.68. The summed E-state index contributed by atoms with van der Waals surface area (Å²) in [6.07, 6.45) is 3.52. The summed E-state index contributed by atoms with van der Waals surface area (Å²) in [5, 5.41) is 16.6. The fraction of sp³-hybridized carbons (Fsp3) is 0.231. The minimum absolute atomic E-state index is 0.0362. The lowest BCUT2D eigenvalue weighted by atomic mass is 10.1. The van der Waals surface area contributed by atoms with Crippen LogP contribution in [0.3, 0.4) is 0 Å². The van der Waals surface area contributed by atoms with Crippen LogP contribution < -0.4 is 5.32 Å². The predicted molar refractivity (Wildman–Crippen MR) is 67.4 cm³/mol. The maximum atomic E-state index is 11.8. The van der Waals surface area contributed by atoms with E-state index in [-0.39, 0.29) is 11.7 Å². The van der Waals surface area contributed by atoms with Crippen molar-refractivity contribution in [3.8, 4) is 5.75 Å². The van der Waals surface area contributed by atoms with Gasteiger partial charge in [0.15, 0.2) is 0 Å². The summed E-state index contributed by atoms with van der Waals surface area (Å²) in [6.45, 7) is 2.83. The number of amides is 1. The summed E-state index contributed by atoms with van der Waals surface area (Å²) < 4.78 is 1.73. The number of para-hydroxylation sites is 1. The molecule has 2 N–H and O–H groups in total. The van der Waals surface area contributed by atoms with Crippen molar-refractivity contribution in [2.24, 2.45) is 0 Å². The molecule has 0 unspecified atom stereocenters. The molecule has 0 aliphatic heterocycles. The number of nitrogens with zero attached hydrogens (tertiary/aromatic N) is 2.